The Morgan fingerprint density at radius 3 is 2.53 bits per heavy atom. The van der Waals surface area contributed by atoms with Crippen molar-refractivity contribution in [3.8, 4) is 11.5 Å². The fraction of sp³-hybridized carbons (Fsp3) is 0.444. The second-order valence-electron chi connectivity index (χ2n) is 8.94. The average Bonchev–Trinajstić information content (AvgIpc) is 2.83. The summed E-state index contributed by atoms with van der Waals surface area (Å²) in [6.45, 7) is 3.33. The van der Waals surface area contributed by atoms with Gasteiger partial charge in [-0.25, -0.2) is 4.39 Å². The van der Waals surface area contributed by atoms with Crippen LogP contribution >= 0.6 is 11.8 Å². The quantitative estimate of drug-likeness (QED) is 0.348. The predicted molar refractivity (Wildman–Crippen MR) is 134 cm³/mol. The molecular weight excluding hydrogens is 487 g/mol. The van der Waals surface area contributed by atoms with Gasteiger partial charge in [0.25, 0.3) is 0 Å². The summed E-state index contributed by atoms with van der Waals surface area (Å²) in [6, 6.07) is 7.21. The number of carboxylic acids is 1. The van der Waals surface area contributed by atoms with Crippen LogP contribution in [0.25, 0.3) is 0 Å². The summed E-state index contributed by atoms with van der Waals surface area (Å²) in [5, 5.41) is 30.0. The third-order valence-corrected chi connectivity index (χ3v) is 7.64. The number of Topliss-reactive ketones (excluding diaryl/α,β-unsaturated/α-hetero) is 2. The Kier molecular flexibility index (Phi) is 9.50. The fourth-order valence-corrected chi connectivity index (χ4v) is 5.57. The lowest BCUT2D eigenvalue weighted by atomic mass is 9.93. The number of carboxylic acid groups (broad SMARTS) is 1. The lowest BCUT2D eigenvalue weighted by molar-refractivity contribution is -0.136. The summed E-state index contributed by atoms with van der Waals surface area (Å²) in [7, 11) is 0. The first-order valence-electron chi connectivity index (χ1n) is 12.0. The Balaban J connectivity index is 1.73. The molecule has 2 aromatic carbocycles. The molecule has 0 saturated heterocycles. The predicted octanol–water partition coefficient (Wildman–Crippen LogP) is 5.19. The molecule has 1 aliphatic rings. The van der Waals surface area contributed by atoms with Gasteiger partial charge in [0, 0.05) is 27.7 Å². The van der Waals surface area contributed by atoms with Crippen molar-refractivity contribution in [2.45, 2.75) is 81.1 Å². The van der Waals surface area contributed by atoms with E-state index in [0.29, 0.717) is 30.6 Å². The van der Waals surface area contributed by atoms with Crippen LogP contribution in [0.4, 0.5) is 4.39 Å². The van der Waals surface area contributed by atoms with Crippen molar-refractivity contribution in [1.82, 2.24) is 0 Å². The highest BCUT2D eigenvalue weighted by Gasteiger charge is 2.35. The molecule has 7 nitrogen and oxygen atoms in total. The van der Waals surface area contributed by atoms with E-state index in [1.54, 1.807) is 6.07 Å². The topological polar surface area (TPSA) is 121 Å². The molecule has 0 spiro atoms. The van der Waals surface area contributed by atoms with Crippen LogP contribution < -0.4 is 4.74 Å². The standard InChI is InChI=1S/C27H31FO7S/c1-3-5-18-21(11-9-17(15(2)29)26(18)33)35-22-6-4-7-24(27(22)34)36-23-12-8-16(14-19(23)28)20(30)10-13-25(31)32/h8-9,11-12,14,22,24,27,33-34H,3-7,10,13H2,1-2H3,(H,31,32). The molecule has 0 bridgehead atoms. The van der Waals surface area contributed by atoms with Crippen molar-refractivity contribution in [3.05, 3.63) is 52.8 Å². The number of phenolic OH excluding ortho intramolecular Hbond substituents is 1. The molecule has 0 aromatic heterocycles. The van der Waals surface area contributed by atoms with Crippen LogP contribution in [0.2, 0.25) is 0 Å². The van der Waals surface area contributed by atoms with Gasteiger partial charge in [-0.1, -0.05) is 19.4 Å². The Morgan fingerprint density at radius 1 is 1.14 bits per heavy atom. The van der Waals surface area contributed by atoms with Crippen LogP contribution in [0.1, 0.15) is 78.7 Å². The zero-order valence-electron chi connectivity index (χ0n) is 20.3. The van der Waals surface area contributed by atoms with Crippen molar-refractivity contribution < 1.29 is 38.8 Å². The molecule has 1 fully saturated rings. The summed E-state index contributed by atoms with van der Waals surface area (Å²) in [6.07, 6.45) is 1.19. The van der Waals surface area contributed by atoms with Crippen LogP contribution in [-0.4, -0.2) is 50.3 Å². The van der Waals surface area contributed by atoms with Gasteiger partial charge in [0.15, 0.2) is 11.6 Å². The number of thioether (sulfide) groups is 1. The molecule has 2 aromatic rings. The molecule has 1 aliphatic carbocycles. The van der Waals surface area contributed by atoms with E-state index in [1.165, 1.54) is 36.9 Å². The van der Waals surface area contributed by atoms with Gasteiger partial charge in [0.1, 0.15) is 29.5 Å². The zero-order chi connectivity index (χ0) is 26.4. The van der Waals surface area contributed by atoms with E-state index in [1.807, 2.05) is 6.92 Å². The highest BCUT2D eigenvalue weighted by molar-refractivity contribution is 8.00. The number of hydrogen-bond donors (Lipinski definition) is 3. The maximum Gasteiger partial charge on any atom is 0.303 e. The molecule has 0 heterocycles. The van der Waals surface area contributed by atoms with Gasteiger partial charge < -0.3 is 20.1 Å². The van der Waals surface area contributed by atoms with Crippen molar-refractivity contribution >= 4 is 29.3 Å². The minimum atomic E-state index is -1.09. The molecule has 0 amide bonds. The van der Waals surface area contributed by atoms with Gasteiger partial charge in [0.2, 0.25) is 0 Å². The van der Waals surface area contributed by atoms with Gasteiger partial charge >= 0.3 is 5.97 Å². The average molecular weight is 519 g/mol. The lowest BCUT2D eigenvalue weighted by Crippen LogP contribution is -2.43. The van der Waals surface area contributed by atoms with E-state index in [2.05, 4.69) is 0 Å². The Hall–Kier alpha value is -2.91. The lowest BCUT2D eigenvalue weighted by Gasteiger charge is -2.35. The van der Waals surface area contributed by atoms with E-state index in [-0.39, 0.29) is 45.6 Å². The van der Waals surface area contributed by atoms with Crippen LogP contribution in [0, 0.1) is 5.82 Å². The van der Waals surface area contributed by atoms with E-state index < -0.39 is 29.8 Å². The zero-order valence-corrected chi connectivity index (χ0v) is 21.1. The van der Waals surface area contributed by atoms with Crippen LogP contribution in [0.5, 0.6) is 11.5 Å². The minimum absolute atomic E-state index is 0.0989. The number of ketones is 2. The maximum atomic E-state index is 14.8. The number of rotatable bonds is 11. The normalized spacial score (nSPS) is 19.6. The number of ether oxygens (including phenoxy) is 1. The summed E-state index contributed by atoms with van der Waals surface area (Å²) >= 11 is 1.17. The molecule has 1 saturated carbocycles. The number of benzene rings is 2. The smallest absolute Gasteiger partial charge is 0.303 e. The number of aliphatic hydroxyl groups is 1. The molecule has 3 N–H and O–H groups in total. The van der Waals surface area contributed by atoms with Crippen molar-refractivity contribution in [3.63, 3.8) is 0 Å². The number of aromatic hydroxyl groups is 1. The highest BCUT2D eigenvalue weighted by Crippen LogP contribution is 2.39. The number of aliphatic hydroxyl groups excluding tert-OH is 1. The number of phenols is 1. The van der Waals surface area contributed by atoms with Crippen LogP contribution in [0.15, 0.2) is 35.2 Å². The number of hydrogen-bond acceptors (Lipinski definition) is 7. The molecule has 3 unspecified atom stereocenters. The van der Waals surface area contributed by atoms with Crippen LogP contribution in [-0.2, 0) is 11.2 Å². The number of halogens is 1. The largest absolute Gasteiger partial charge is 0.507 e. The molecule has 194 valence electrons. The monoisotopic (exact) mass is 518 g/mol. The van der Waals surface area contributed by atoms with Gasteiger partial charge in [-0.15, -0.1) is 11.8 Å². The fourth-order valence-electron chi connectivity index (χ4n) is 4.32. The first-order chi connectivity index (χ1) is 17.1. The van der Waals surface area contributed by atoms with Gasteiger partial charge in [-0.2, -0.15) is 0 Å². The van der Waals surface area contributed by atoms with Gasteiger partial charge in [-0.05, 0) is 56.9 Å². The molecule has 0 radical (unpaired) electrons. The summed E-state index contributed by atoms with van der Waals surface area (Å²) < 4.78 is 20.9. The molecule has 0 aliphatic heterocycles. The molecule has 3 atom stereocenters. The first-order valence-corrected chi connectivity index (χ1v) is 12.9. The first kappa shape index (κ1) is 27.7. The molecule has 36 heavy (non-hydrogen) atoms. The summed E-state index contributed by atoms with van der Waals surface area (Å²) in [5.74, 6) is -2.07. The number of aliphatic carboxylic acids is 1. The molecular formula is C27H31FO7S. The number of carbonyl (C=O) groups excluding carboxylic acids is 2. The van der Waals surface area contributed by atoms with Crippen molar-refractivity contribution in [2.24, 2.45) is 0 Å². The van der Waals surface area contributed by atoms with E-state index in [4.69, 9.17) is 9.84 Å². The Morgan fingerprint density at radius 2 is 1.89 bits per heavy atom. The SMILES string of the molecule is CCCc1c(OC2CCCC(Sc3ccc(C(=O)CCC(=O)O)cc3F)C2O)ccc(C(C)=O)c1O. The summed E-state index contributed by atoms with van der Waals surface area (Å²) in [4.78, 5) is 34.9. The van der Waals surface area contributed by atoms with E-state index >= 15 is 0 Å². The second-order valence-corrected chi connectivity index (χ2v) is 10.2. The van der Waals surface area contributed by atoms with Crippen molar-refractivity contribution in [1.29, 1.82) is 0 Å². The molecule has 9 heteroatoms. The van der Waals surface area contributed by atoms with E-state index in [0.717, 1.165) is 18.9 Å². The Labute approximate surface area is 213 Å². The number of carbonyl (C=O) groups is 3. The van der Waals surface area contributed by atoms with Gasteiger partial charge in [-0.3, -0.25) is 14.4 Å². The second kappa shape index (κ2) is 12.4. The Bertz CT molecular complexity index is 1130. The summed E-state index contributed by atoms with van der Waals surface area (Å²) in [5.41, 5.74) is 0.867. The molecule has 3 rings (SSSR count). The van der Waals surface area contributed by atoms with E-state index in [9.17, 15) is 29.0 Å². The third kappa shape index (κ3) is 6.64. The van der Waals surface area contributed by atoms with Crippen molar-refractivity contribution in [2.75, 3.05) is 0 Å². The minimum Gasteiger partial charge on any atom is -0.507 e. The highest BCUT2D eigenvalue weighted by atomic mass is 32.2. The maximum absolute atomic E-state index is 14.8. The third-order valence-electron chi connectivity index (χ3n) is 6.23. The van der Waals surface area contributed by atoms with Crippen LogP contribution in [0.3, 0.4) is 0 Å². The van der Waals surface area contributed by atoms with Gasteiger partial charge in [0.05, 0.1) is 12.0 Å².